The van der Waals surface area contributed by atoms with Gasteiger partial charge in [-0.15, -0.1) is 0 Å². The van der Waals surface area contributed by atoms with Gasteiger partial charge in [-0.1, -0.05) is 20.8 Å². The molecule has 4 aliphatic rings. The van der Waals surface area contributed by atoms with Gasteiger partial charge in [-0.25, -0.2) is 0 Å². The monoisotopic (exact) mass is 566 g/mol. The lowest BCUT2D eigenvalue weighted by Gasteiger charge is -2.62. The molecule has 6 N–H and O–H groups in total. The highest BCUT2D eigenvalue weighted by atomic mass is 16.6. The molecule has 0 aromatic heterocycles. The van der Waals surface area contributed by atoms with Crippen molar-refractivity contribution in [2.45, 2.75) is 141 Å². The Balaban J connectivity index is 1.72. The van der Waals surface area contributed by atoms with E-state index in [0.717, 1.165) is 0 Å². The number of esters is 1. The number of aliphatic hydroxyl groups is 6. The fraction of sp³-hybridized carbons (Fsp3) is 0.871. The lowest BCUT2D eigenvalue weighted by molar-refractivity contribution is -0.205. The first-order chi connectivity index (χ1) is 18.3. The molecule has 228 valence electrons. The molecule has 0 heterocycles. The van der Waals surface area contributed by atoms with E-state index in [9.17, 15) is 40.2 Å². The largest absolute Gasteiger partial charge is 0.459 e. The predicted molar refractivity (Wildman–Crippen MR) is 147 cm³/mol. The summed E-state index contributed by atoms with van der Waals surface area (Å²) in [5.74, 6) is -2.43. The van der Waals surface area contributed by atoms with E-state index in [0.29, 0.717) is 18.4 Å². The number of rotatable bonds is 8. The molecule has 0 saturated heterocycles. The summed E-state index contributed by atoms with van der Waals surface area (Å²) < 4.78 is 5.82. The fourth-order valence-electron chi connectivity index (χ4n) is 9.02. The van der Waals surface area contributed by atoms with Gasteiger partial charge in [0.2, 0.25) is 0 Å². The maximum absolute atomic E-state index is 13.4. The summed E-state index contributed by atoms with van der Waals surface area (Å²) in [5.41, 5.74) is -5.62. The van der Waals surface area contributed by atoms with Crippen molar-refractivity contribution < 1.29 is 45.0 Å². The summed E-state index contributed by atoms with van der Waals surface area (Å²) in [7, 11) is 0. The van der Waals surface area contributed by atoms with Gasteiger partial charge in [0.15, 0.2) is 5.78 Å². The molecule has 40 heavy (non-hydrogen) atoms. The SMILES string of the molecule is CCCC(=O)O[C@H](CCC(C)(C)O)[C@@](C)(O)C1CC[C@@]2(O)C3=CC(=O)[C@@H]4C[C@@H](O)[C@@H](O)C[C@]4(C)C3[C@H](O)C[C@]12C. The second-order valence-electron chi connectivity index (χ2n) is 14.6. The van der Waals surface area contributed by atoms with Crippen molar-refractivity contribution in [3.05, 3.63) is 11.6 Å². The van der Waals surface area contributed by atoms with Crippen molar-refractivity contribution in [2.75, 3.05) is 0 Å². The van der Waals surface area contributed by atoms with Gasteiger partial charge in [0.05, 0.1) is 29.5 Å². The summed E-state index contributed by atoms with van der Waals surface area (Å²) >= 11 is 0. The maximum Gasteiger partial charge on any atom is 0.306 e. The quantitative estimate of drug-likeness (QED) is 0.242. The average Bonchev–Trinajstić information content (AvgIpc) is 3.09. The Kier molecular flexibility index (Phi) is 8.22. The standard InChI is InChI=1S/C31H50O9/c1-7-8-25(36)40-24(10-11-27(2,3)37)30(6,38)23-9-12-31(39)18-14-19(32)17-13-20(33)21(34)15-28(17,4)26(18)22(35)16-29(23,31)5/h14,17,20-24,26,33-35,37-39H,7-13,15-16H2,1-6H3/t17-,20+,21-,22+,23?,24+,26?,28-,29+,30-,31+/m0/s1. The molecule has 11 atom stereocenters. The summed E-state index contributed by atoms with van der Waals surface area (Å²) in [5, 5.41) is 67.6. The van der Waals surface area contributed by atoms with Crippen LogP contribution in [0, 0.1) is 28.6 Å². The highest BCUT2D eigenvalue weighted by Crippen LogP contribution is 2.68. The van der Waals surface area contributed by atoms with Gasteiger partial charge in [0.25, 0.3) is 0 Å². The minimum Gasteiger partial charge on any atom is -0.459 e. The number of aliphatic hydroxyl groups excluding tert-OH is 3. The second kappa shape index (κ2) is 10.4. The molecule has 0 amide bonds. The van der Waals surface area contributed by atoms with Gasteiger partial charge in [-0.05, 0) is 95.1 Å². The molecule has 0 radical (unpaired) electrons. The number of hydrogen-bond acceptors (Lipinski definition) is 9. The molecule has 0 aromatic rings. The minimum atomic E-state index is -1.60. The molecule has 9 nitrogen and oxygen atoms in total. The highest BCUT2D eigenvalue weighted by Gasteiger charge is 2.71. The molecule has 4 rings (SSSR count). The van der Waals surface area contributed by atoms with Crippen molar-refractivity contribution in [3.8, 4) is 0 Å². The topological polar surface area (TPSA) is 165 Å². The second-order valence-corrected chi connectivity index (χ2v) is 14.6. The Labute approximate surface area is 237 Å². The lowest BCUT2D eigenvalue weighted by Crippen LogP contribution is -2.66. The van der Waals surface area contributed by atoms with Crippen molar-refractivity contribution in [3.63, 3.8) is 0 Å². The van der Waals surface area contributed by atoms with Crippen molar-refractivity contribution in [2.24, 2.45) is 28.6 Å². The predicted octanol–water partition coefficient (Wildman–Crippen LogP) is 2.18. The van der Waals surface area contributed by atoms with E-state index in [1.54, 1.807) is 20.8 Å². The molecule has 4 aliphatic carbocycles. The summed E-state index contributed by atoms with van der Waals surface area (Å²) in [6.45, 7) is 10.5. The molecule has 9 heteroatoms. The van der Waals surface area contributed by atoms with E-state index in [1.807, 2.05) is 20.8 Å². The maximum atomic E-state index is 13.4. The molecule has 0 spiro atoms. The Morgan fingerprint density at radius 1 is 1.10 bits per heavy atom. The van der Waals surface area contributed by atoms with E-state index < -0.39 is 75.8 Å². The Morgan fingerprint density at radius 2 is 1.75 bits per heavy atom. The molecule has 3 saturated carbocycles. The van der Waals surface area contributed by atoms with Crippen LogP contribution in [0.1, 0.15) is 99.3 Å². The number of ketones is 1. The van der Waals surface area contributed by atoms with Crippen molar-refractivity contribution >= 4 is 11.8 Å². The van der Waals surface area contributed by atoms with E-state index in [-0.39, 0.29) is 50.7 Å². The molecule has 0 aromatic carbocycles. The van der Waals surface area contributed by atoms with Crippen LogP contribution in [0.4, 0.5) is 0 Å². The molecular weight excluding hydrogens is 516 g/mol. The van der Waals surface area contributed by atoms with Crippen LogP contribution < -0.4 is 0 Å². The van der Waals surface area contributed by atoms with Gasteiger partial charge in [0.1, 0.15) is 11.7 Å². The zero-order valence-corrected chi connectivity index (χ0v) is 24.9. The van der Waals surface area contributed by atoms with E-state index in [4.69, 9.17) is 4.74 Å². The van der Waals surface area contributed by atoms with Crippen LogP contribution in [0.2, 0.25) is 0 Å². The van der Waals surface area contributed by atoms with Gasteiger partial charge >= 0.3 is 5.97 Å². The van der Waals surface area contributed by atoms with Crippen molar-refractivity contribution in [1.29, 1.82) is 0 Å². The smallest absolute Gasteiger partial charge is 0.306 e. The summed E-state index contributed by atoms with van der Waals surface area (Å²) in [6, 6.07) is 0. The molecular formula is C31H50O9. The first-order valence-electron chi connectivity index (χ1n) is 15.0. The van der Waals surface area contributed by atoms with Crippen LogP contribution in [0.15, 0.2) is 11.6 Å². The number of hydrogen-bond donors (Lipinski definition) is 6. The van der Waals surface area contributed by atoms with Crippen LogP contribution in [0.5, 0.6) is 0 Å². The van der Waals surface area contributed by atoms with E-state index >= 15 is 0 Å². The van der Waals surface area contributed by atoms with Gasteiger partial charge < -0.3 is 35.4 Å². The number of carbonyl (C=O) groups is 2. The van der Waals surface area contributed by atoms with Crippen LogP contribution in [0.3, 0.4) is 0 Å². The van der Waals surface area contributed by atoms with Crippen LogP contribution in [-0.2, 0) is 14.3 Å². The minimum absolute atomic E-state index is 0.0997. The first kappa shape index (κ1) is 31.6. The lowest BCUT2D eigenvalue weighted by atomic mass is 9.44. The molecule has 2 unspecified atom stereocenters. The molecule has 0 aliphatic heterocycles. The van der Waals surface area contributed by atoms with Gasteiger partial charge in [-0.3, -0.25) is 9.59 Å². The Morgan fingerprint density at radius 3 is 2.35 bits per heavy atom. The third-order valence-corrected chi connectivity index (χ3v) is 11.2. The average molecular weight is 567 g/mol. The third-order valence-electron chi connectivity index (χ3n) is 11.2. The number of allylic oxidation sites excluding steroid dienone is 1. The zero-order chi connectivity index (χ0) is 30.1. The highest BCUT2D eigenvalue weighted by molar-refractivity contribution is 5.95. The van der Waals surface area contributed by atoms with Crippen molar-refractivity contribution in [1.82, 2.24) is 0 Å². The number of ether oxygens (including phenoxy) is 1. The van der Waals surface area contributed by atoms with Crippen LogP contribution in [-0.4, -0.2) is 83.6 Å². The Bertz CT molecular complexity index is 1030. The van der Waals surface area contributed by atoms with E-state index in [1.165, 1.54) is 6.08 Å². The summed E-state index contributed by atoms with van der Waals surface area (Å²) in [4.78, 5) is 26.0. The Hall–Kier alpha value is -1.36. The number of carbonyl (C=O) groups excluding carboxylic acids is 2. The first-order valence-corrected chi connectivity index (χ1v) is 15.0. The van der Waals surface area contributed by atoms with Gasteiger partial charge in [0, 0.05) is 23.7 Å². The third kappa shape index (κ3) is 4.98. The normalized spacial score (nSPS) is 43.6. The molecule has 0 bridgehead atoms. The van der Waals surface area contributed by atoms with Gasteiger partial charge in [-0.2, -0.15) is 0 Å². The summed E-state index contributed by atoms with van der Waals surface area (Å²) in [6.07, 6.45) is -0.259. The van der Waals surface area contributed by atoms with E-state index in [2.05, 4.69) is 0 Å². The molecule has 3 fully saturated rings. The fourth-order valence-corrected chi connectivity index (χ4v) is 9.02. The van der Waals surface area contributed by atoms with Crippen LogP contribution in [0.25, 0.3) is 0 Å². The van der Waals surface area contributed by atoms with Crippen LogP contribution >= 0.6 is 0 Å². The number of fused-ring (bicyclic) bond motifs is 5. The zero-order valence-electron chi connectivity index (χ0n) is 24.9.